The molecule has 0 unspecified atom stereocenters. The van der Waals surface area contributed by atoms with E-state index in [0.29, 0.717) is 29.4 Å². The fraction of sp³-hybridized carbons (Fsp3) is 0.321. The Morgan fingerprint density at radius 1 is 1.22 bits per heavy atom. The third-order valence-corrected chi connectivity index (χ3v) is 6.20. The van der Waals surface area contributed by atoms with Crippen LogP contribution in [0.1, 0.15) is 49.0 Å². The summed E-state index contributed by atoms with van der Waals surface area (Å²) >= 11 is 0. The number of ketones is 1. The maximum absolute atomic E-state index is 14.3. The number of fused-ring (bicyclic) bond motifs is 1. The highest BCUT2D eigenvalue weighted by Gasteiger charge is 2.26. The normalized spacial score (nSPS) is 13.7. The third kappa shape index (κ3) is 5.23. The van der Waals surface area contributed by atoms with E-state index in [-0.39, 0.29) is 24.0 Å². The first-order valence-corrected chi connectivity index (χ1v) is 12.1. The van der Waals surface area contributed by atoms with E-state index >= 15 is 0 Å². The highest BCUT2D eigenvalue weighted by atomic mass is 19.1. The summed E-state index contributed by atoms with van der Waals surface area (Å²) in [6.07, 6.45) is 4.57. The number of imidazole rings is 1. The molecule has 1 saturated carbocycles. The van der Waals surface area contributed by atoms with Gasteiger partial charge in [0, 0.05) is 30.2 Å². The summed E-state index contributed by atoms with van der Waals surface area (Å²) in [6.45, 7) is 5.58. The van der Waals surface area contributed by atoms with Gasteiger partial charge in [-0.2, -0.15) is 0 Å². The van der Waals surface area contributed by atoms with E-state index in [2.05, 4.69) is 15.4 Å². The number of aromatic nitrogens is 3. The fourth-order valence-corrected chi connectivity index (χ4v) is 4.10. The number of hydrogen-bond acceptors (Lipinski definition) is 6. The van der Waals surface area contributed by atoms with E-state index in [1.54, 1.807) is 42.8 Å². The van der Waals surface area contributed by atoms with Gasteiger partial charge in [-0.25, -0.2) is 13.9 Å². The van der Waals surface area contributed by atoms with Gasteiger partial charge in [0.1, 0.15) is 0 Å². The van der Waals surface area contributed by atoms with Crippen molar-refractivity contribution < 1.29 is 19.0 Å². The summed E-state index contributed by atoms with van der Waals surface area (Å²) in [5, 5.41) is 18.0. The van der Waals surface area contributed by atoms with Crippen LogP contribution in [0.15, 0.2) is 54.7 Å². The zero-order chi connectivity index (χ0) is 25.4. The van der Waals surface area contributed by atoms with Crippen molar-refractivity contribution in [3.8, 4) is 22.9 Å². The molecule has 0 amide bonds. The average Bonchev–Trinajstić information content (AvgIpc) is 3.53. The third-order valence-electron chi connectivity index (χ3n) is 6.20. The number of carbonyl (C=O) groups is 1. The first-order chi connectivity index (χ1) is 17.2. The minimum atomic E-state index is -0.970. The van der Waals surface area contributed by atoms with Gasteiger partial charge in [0.2, 0.25) is 5.88 Å². The Morgan fingerprint density at radius 3 is 2.69 bits per heavy atom. The van der Waals surface area contributed by atoms with E-state index in [0.717, 1.165) is 29.5 Å². The lowest BCUT2D eigenvalue weighted by atomic mass is 9.98. The number of carbonyl (C=O) groups excluding carboxylic acids is 1. The number of nitrogens with one attached hydrogen (secondary N) is 1. The van der Waals surface area contributed by atoms with Crippen LogP contribution in [0.5, 0.6) is 11.6 Å². The van der Waals surface area contributed by atoms with Gasteiger partial charge in [0.25, 0.3) is 0 Å². The smallest absolute Gasteiger partial charge is 0.239 e. The lowest BCUT2D eigenvalue weighted by Crippen LogP contribution is -2.29. The Hall–Kier alpha value is -3.78. The number of anilines is 1. The summed E-state index contributed by atoms with van der Waals surface area (Å²) in [7, 11) is 0. The number of aliphatic hydroxyl groups is 1. The summed E-state index contributed by atoms with van der Waals surface area (Å²) in [5.74, 6) is 0.420. The molecule has 0 atom stereocenters. The molecule has 0 aliphatic heterocycles. The van der Waals surface area contributed by atoms with E-state index in [9.17, 15) is 14.3 Å². The fourth-order valence-electron chi connectivity index (χ4n) is 4.10. The zero-order valence-corrected chi connectivity index (χ0v) is 20.6. The Balaban J connectivity index is 1.54. The van der Waals surface area contributed by atoms with E-state index < -0.39 is 11.4 Å². The molecule has 2 N–H and O–H groups in total. The van der Waals surface area contributed by atoms with E-state index in [1.165, 1.54) is 12.1 Å². The molecule has 2 aromatic carbocycles. The van der Waals surface area contributed by atoms with Crippen LogP contribution in [0.3, 0.4) is 0 Å². The van der Waals surface area contributed by atoms with Crippen molar-refractivity contribution in [1.82, 2.24) is 14.6 Å². The minimum Gasteiger partial charge on any atom is -0.434 e. The van der Waals surface area contributed by atoms with Gasteiger partial charge < -0.3 is 15.2 Å². The highest BCUT2D eigenvalue weighted by Crippen LogP contribution is 2.35. The van der Waals surface area contributed by atoms with Crippen LogP contribution in [-0.2, 0) is 0 Å². The van der Waals surface area contributed by atoms with Crippen LogP contribution in [-0.4, -0.2) is 37.6 Å². The van der Waals surface area contributed by atoms with Crippen LogP contribution in [0.4, 0.5) is 10.1 Å². The van der Waals surface area contributed by atoms with Crippen molar-refractivity contribution in [2.45, 2.75) is 45.6 Å². The van der Waals surface area contributed by atoms with Crippen molar-refractivity contribution in [3.63, 3.8) is 0 Å². The molecule has 1 aliphatic carbocycles. The summed E-state index contributed by atoms with van der Waals surface area (Å²) < 4.78 is 21.7. The first-order valence-electron chi connectivity index (χ1n) is 12.1. The molecular weight excluding hydrogens is 459 g/mol. The Kier molecular flexibility index (Phi) is 6.22. The molecule has 1 fully saturated rings. The van der Waals surface area contributed by atoms with Crippen molar-refractivity contribution in [1.29, 1.82) is 0 Å². The van der Waals surface area contributed by atoms with Crippen molar-refractivity contribution in [2.24, 2.45) is 5.92 Å². The second kappa shape index (κ2) is 9.35. The molecule has 5 rings (SSSR count). The summed E-state index contributed by atoms with van der Waals surface area (Å²) in [6, 6.07) is 13.5. The molecule has 2 heterocycles. The Labute approximate surface area is 208 Å². The molecule has 7 nitrogen and oxygen atoms in total. The number of Topliss-reactive ketones (excluding diaryl/α,β-unsaturated/α-hetero) is 1. The number of nitrogens with zero attached hydrogens (tertiary/aromatic N) is 3. The monoisotopic (exact) mass is 488 g/mol. The van der Waals surface area contributed by atoms with E-state index in [4.69, 9.17) is 4.74 Å². The topological polar surface area (TPSA) is 88.8 Å². The summed E-state index contributed by atoms with van der Waals surface area (Å²) in [4.78, 5) is 17.2. The summed E-state index contributed by atoms with van der Waals surface area (Å²) in [5.41, 5.74) is 3.31. The number of para-hydroxylation sites is 1. The van der Waals surface area contributed by atoms with Crippen LogP contribution in [0.2, 0.25) is 0 Å². The average molecular weight is 489 g/mol. The molecule has 0 radical (unpaired) electrons. The quantitative estimate of drug-likeness (QED) is 0.290. The van der Waals surface area contributed by atoms with Gasteiger partial charge in [-0.15, -0.1) is 5.10 Å². The minimum absolute atomic E-state index is 0.0498. The second-order valence-electron chi connectivity index (χ2n) is 10.1. The number of ether oxygens (including phenoxy) is 1. The van der Waals surface area contributed by atoms with Gasteiger partial charge in [-0.3, -0.25) is 4.79 Å². The zero-order valence-electron chi connectivity index (χ0n) is 20.6. The highest BCUT2D eigenvalue weighted by molar-refractivity contribution is 5.98. The van der Waals surface area contributed by atoms with Gasteiger partial charge >= 0.3 is 0 Å². The number of hydrogen-bond donors (Lipinski definition) is 2. The lowest BCUT2D eigenvalue weighted by Gasteiger charge is -2.19. The van der Waals surface area contributed by atoms with Crippen molar-refractivity contribution in [2.75, 3.05) is 11.9 Å². The number of benzene rings is 2. The van der Waals surface area contributed by atoms with Crippen LogP contribution >= 0.6 is 0 Å². The SMILES string of the molecule is Cc1cc(-c2cnc3c(NCC(C)(C)O)cc(Oc4ccccc4F)nn23)ccc1C(=O)CC1CC1. The predicted octanol–water partition coefficient (Wildman–Crippen LogP) is 5.80. The second-order valence-corrected chi connectivity index (χ2v) is 10.1. The maximum Gasteiger partial charge on any atom is 0.239 e. The molecule has 0 spiro atoms. The molecule has 36 heavy (non-hydrogen) atoms. The first kappa shape index (κ1) is 23.9. The van der Waals surface area contributed by atoms with Gasteiger partial charge in [-0.1, -0.05) is 24.3 Å². The Morgan fingerprint density at radius 2 is 2.00 bits per heavy atom. The molecule has 186 valence electrons. The van der Waals surface area contributed by atoms with Crippen molar-refractivity contribution >= 4 is 17.1 Å². The molecule has 1 aliphatic rings. The number of aryl methyl sites for hydroxylation is 1. The van der Waals surface area contributed by atoms with Gasteiger partial charge in [0.15, 0.2) is 23.0 Å². The molecule has 0 bridgehead atoms. The van der Waals surface area contributed by atoms with Crippen molar-refractivity contribution in [3.05, 3.63) is 71.7 Å². The molecule has 2 aromatic heterocycles. The lowest BCUT2D eigenvalue weighted by molar-refractivity contribution is 0.0943. The van der Waals surface area contributed by atoms with Crippen LogP contribution < -0.4 is 10.1 Å². The number of rotatable bonds is 9. The number of halogens is 1. The molecule has 8 heteroatoms. The largest absolute Gasteiger partial charge is 0.434 e. The molecule has 4 aromatic rings. The van der Waals surface area contributed by atoms with Gasteiger partial charge in [0.05, 0.1) is 23.2 Å². The Bertz CT molecular complexity index is 1440. The van der Waals surface area contributed by atoms with Crippen LogP contribution in [0, 0.1) is 18.7 Å². The molecule has 0 saturated heterocycles. The van der Waals surface area contributed by atoms with E-state index in [1.807, 2.05) is 25.1 Å². The standard InChI is InChI=1S/C28H29FN4O3/c1-17-12-19(10-11-20(17)24(34)13-18-8-9-18)23-15-30-27-22(31-16-28(2,3)35)14-26(32-33(23)27)36-25-7-5-4-6-21(25)29/h4-7,10-12,14-15,18,31,35H,8-9,13,16H2,1-3H3. The molecular formula is C28H29FN4O3. The predicted molar refractivity (Wildman–Crippen MR) is 136 cm³/mol. The maximum atomic E-state index is 14.3. The van der Waals surface area contributed by atoms with Crippen LogP contribution in [0.25, 0.3) is 16.9 Å². The van der Waals surface area contributed by atoms with Gasteiger partial charge in [-0.05, 0) is 63.3 Å².